The Labute approximate surface area is 110 Å². The summed E-state index contributed by atoms with van der Waals surface area (Å²) in [5.41, 5.74) is 6.42. The molecular formula is C13H16FN3O2. The van der Waals surface area contributed by atoms with Crippen molar-refractivity contribution in [2.75, 3.05) is 0 Å². The number of aromatic hydroxyl groups is 1. The van der Waals surface area contributed by atoms with Crippen molar-refractivity contribution in [2.24, 2.45) is 11.7 Å². The first-order chi connectivity index (χ1) is 9.02. The Hall–Kier alpha value is -1.95. The summed E-state index contributed by atoms with van der Waals surface area (Å²) in [6.45, 7) is 4.02. The van der Waals surface area contributed by atoms with Crippen LogP contribution in [0.25, 0.3) is 11.4 Å². The summed E-state index contributed by atoms with van der Waals surface area (Å²) < 4.78 is 18.4. The highest BCUT2D eigenvalue weighted by atomic mass is 19.1. The largest absolute Gasteiger partial charge is 0.505 e. The van der Waals surface area contributed by atoms with Crippen LogP contribution in [0.2, 0.25) is 0 Å². The van der Waals surface area contributed by atoms with Gasteiger partial charge in [-0.3, -0.25) is 0 Å². The number of hydrogen-bond donors (Lipinski definition) is 2. The Morgan fingerprint density at radius 2 is 2.21 bits per heavy atom. The average molecular weight is 265 g/mol. The Balaban J connectivity index is 2.27. The predicted molar refractivity (Wildman–Crippen MR) is 67.7 cm³/mol. The van der Waals surface area contributed by atoms with Gasteiger partial charge in [0.1, 0.15) is 0 Å². The maximum absolute atomic E-state index is 13.3. The van der Waals surface area contributed by atoms with Crippen LogP contribution in [0.5, 0.6) is 5.75 Å². The second-order valence-electron chi connectivity index (χ2n) is 4.53. The molecule has 0 radical (unpaired) electrons. The van der Waals surface area contributed by atoms with Crippen molar-refractivity contribution in [3.8, 4) is 17.1 Å². The van der Waals surface area contributed by atoms with Crippen molar-refractivity contribution in [3.05, 3.63) is 29.9 Å². The lowest BCUT2D eigenvalue weighted by molar-refractivity contribution is 0.312. The monoisotopic (exact) mass is 265 g/mol. The molecule has 0 saturated heterocycles. The molecule has 1 aromatic heterocycles. The number of benzene rings is 1. The molecule has 0 bridgehead atoms. The third-order valence-corrected chi connectivity index (χ3v) is 3.19. The van der Waals surface area contributed by atoms with E-state index in [-0.39, 0.29) is 17.8 Å². The lowest BCUT2D eigenvalue weighted by Gasteiger charge is -2.12. The van der Waals surface area contributed by atoms with E-state index in [4.69, 9.17) is 15.4 Å². The lowest BCUT2D eigenvalue weighted by Crippen LogP contribution is -2.18. The van der Waals surface area contributed by atoms with Crippen LogP contribution in [0.4, 0.5) is 4.39 Å². The van der Waals surface area contributed by atoms with E-state index < -0.39 is 11.6 Å². The fraction of sp³-hybridized carbons (Fsp3) is 0.385. The number of aromatic nitrogens is 2. The summed E-state index contributed by atoms with van der Waals surface area (Å²) in [6.07, 6.45) is 0.896. The smallest absolute Gasteiger partial charge is 0.244 e. The molecule has 1 heterocycles. The van der Waals surface area contributed by atoms with Crippen LogP contribution in [0.1, 0.15) is 32.2 Å². The first-order valence-electron chi connectivity index (χ1n) is 6.11. The van der Waals surface area contributed by atoms with Gasteiger partial charge in [-0.25, -0.2) is 4.39 Å². The first-order valence-corrected chi connectivity index (χ1v) is 6.11. The van der Waals surface area contributed by atoms with Gasteiger partial charge in [-0.05, 0) is 24.1 Å². The SMILES string of the molecule is CC[C@H](C)[C@H](N)c1nc(-c2ccc(O)c(F)c2)no1. The Kier molecular flexibility index (Phi) is 3.80. The summed E-state index contributed by atoms with van der Waals surface area (Å²) in [6, 6.07) is 3.57. The Morgan fingerprint density at radius 3 is 2.84 bits per heavy atom. The fourth-order valence-corrected chi connectivity index (χ4v) is 1.63. The van der Waals surface area contributed by atoms with Crippen LogP contribution in [0, 0.1) is 11.7 Å². The van der Waals surface area contributed by atoms with Crippen LogP contribution in [0.15, 0.2) is 22.7 Å². The molecular weight excluding hydrogens is 249 g/mol. The van der Waals surface area contributed by atoms with Gasteiger partial charge in [0.15, 0.2) is 11.6 Å². The van der Waals surface area contributed by atoms with E-state index >= 15 is 0 Å². The molecule has 2 aromatic rings. The highest BCUT2D eigenvalue weighted by Gasteiger charge is 2.20. The molecule has 0 saturated carbocycles. The number of hydrogen-bond acceptors (Lipinski definition) is 5. The van der Waals surface area contributed by atoms with Crippen molar-refractivity contribution in [1.29, 1.82) is 0 Å². The van der Waals surface area contributed by atoms with Crippen LogP contribution < -0.4 is 5.73 Å². The van der Waals surface area contributed by atoms with Crippen LogP contribution >= 0.6 is 0 Å². The average Bonchev–Trinajstić information content (AvgIpc) is 2.89. The standard InChI is InChI=1S/C13H16FN3O2/c1-3-7(2)11(15)13-16-12(17-19-13)8-4-5-10(18)9(14)6-8/h4-7,11,18H,3,15H2,1-2H3/t7-,11-/m0/s1. The molecule has 2 rings (SSSR count). The zero-order valence-corrected chi connectivity index (χ0v) is 10.8. The number of rotatable bonds is 4. The van der Waals surface area contributed by atoms with Crippen LogP contribution in [-0.4, -0.2) is 15.2 Å². The minimum Gasteiger partial charge on any atom is -0.505 e. The molecule has 102 valence electrons. The van der Waals surface area contributed by atoms with Crippen LogP contribution in [0.3, 0.4) is 0 Å². The van der Waals surface area contributed by atoms with Gasteiger partial charge in [0.25, 0.3) is 0 Å². The minimum atomic E-state index is -0.727. The van der Waals surface area contributed by atoms with Gasteiger partial charge in [0.05, 0.1) is 6.04 Å². The minimum absolute atomic E-state index is 0.213. The van der Waals surface area contributed by atoms with Crippen LogP contribution in [-0.2, 0) is 0 Å². The van der Waals surface area contributed by atoms with Gasteiger partial charge in [-0.2, -0.15) is 4.98 Å². The zero-order chi connectivity index (χ0) is 14.0. The normalized spacial score (nSPS) is 14.3. The third-order valence-electron chi connectivity index (χ3n) is 3.19. The highest BCUT2D eigenvalue weighted by Crippen LogP contribution is 2.25. The molecule has 0 spiro atoms. The number of phenols is 1. The third kappa shape index (κ3) is 2.73. The summed E-state index contributed by atoms with van der Waals surface area (Å²) in [4.78, 5) is 4.17. The highest BCUT2D eigenvalue weighted by molar-refractivity contribution is 5.55. The zero-order valence-electron chi connectivity index (χ0n) is 10.8. The molecule has 0 aliphatic heterocycles. The van der Waals surface area contributed by atoms with Gasteiger partial charge in [0.2, 0.25) is 11.7 Å². The molecule has 0 fully saturated rings. The molecule has 2 atom stereocenters. The van der Waals surface area contributed by atoms with E-state index in [0.29, 0.717) is 11.5 Å². The van der Waals surface area contributed by atoms with Gasteiger partial charge in [0, 0.05) is 5.56 Å². The van der Waals surface area contributed by atoms with Gasteiger partial charge in [-0.15, -0.1) is 0 Å². The van der Waals surface area contributed by atoms with E-state index in [1.807, 2.05) is 13.8 Å². The first kappa shape index (κ1) is 13.5. The molecule has 0 aliphatic carbocycles. The number of nitrogens with zero attached hydrogens (tertiary/aromatic N) is 2. The molecule has 1 aromatic carbocycles. The number of phenolic OH excluding ortho intramolecular Hbond substituents is 1. The van der Waals surface area contributed by atoms with E-state index in [1.165, 1.54) is 12.1 Å². The number of halogens is 1. The summed E-state index contributed by atoms with van der Waals surface area (Å²) >= 11 is 0. The van der Waals surface area contributed by atoms with E-state index in [2.05, 4.69) is 10.1 Å². The second-order valence-corrected chi connectivity index (χ2v) is 4.53. The van der Waals surface area contributed by atoms with E-state index in [1.54, 1.807) is 0 Å². The molecule has 19 heavy (non-hydrogen) atoms. The van der Waals surface area contributed by atoms with Gasteiger partial charge >= 0.3 is 0 Å². The maximum atomic E-state index is 13.3. The fourth-order valence-electron chi connectivity index (χ4n) is 1.63. The summed E-state index contributed by atoms with van der Waals surface area (Å²) in [5, 5.41) is 12.9. The quantitative estimate of drug-likeness (QED) is 0.887. The Morgan fingerprint density at radius 1 is 1.47 bits per heavy atom. The molecule has 0 aliphatic rings. The van der Waals surface area contributed by atoms with Gasteiger partial charge < -0.3 is 15.4 Å². The maximum Gasteiger partial charge on any atom is 0.244 e. The topological polar surface area (TPSA) is 85.2 Å². The van der Waals surface area contributed by atoms with Gasteiger partial charge in [-0.1, -0.05) is 25.4 Å². The second kappa shape index (κ2) is 5.36. The number of nitrogens with two attached hydrogens (primary N) is 1. The van der Waals surface area contributed by atoms with E-state index in [0.717, 1.165) is 12.5 Å². The van der Waals surface area contributed by atoms with Crippen molar-refractivity contribution in [2.45, 2.75) is 26.3 Å². The van der Waals surface area contributed by atoms with Crippen molar-refractivity contribution in [3.63, 3.8) is 0 Å². The summed E-state index contributed by atoms with van der Waals surface area (Å²) in [7, 11) is 0. The van der Waals surface area contributed by atoms with Crippen molar-refractivity contribution >= 4 is 0 Å². The molecule has 0 amide bonds. The van der Waals surface area contributed by atoms with E-state index in [9.17, 15) is 4.39 Å². The molecule has 0 unspecified atom stereocenters. The van der Waals surface area contributed by atoms with Crippen molar-refractivity contribution < 1.29 is 14.0 Å². The molecule has 5 nitrogen and oxygen atoms in total. The summed E-state index contributed by atoms with van der Waals surface area (Å²) in [5.74, 6) is -0.339. The molecule has 3 N–H and O–H groups in total. The lowest BCUT2D eigenvalue weighted by atomic mass is 10.0. The predicted octanol–water partition coefficient (Wildman–Crippen LogP) is 2.63. The Bertz CT molecular complexity index is 571. The van der Waals surface area contributed by atoms with Crippen molar-refractivity contribution in [1.82, 2.24) is 10.1 Å². The molecule has 6 heteroatoms.